The number of hydrogen-bond donors (Lipinski definition) is 1. The molecule has 0 fully saturated rings. The van der Waals surface area contributed by atoms with Gasteiger partial charge in [0.15, 0.2) is 7.28 Å². The summed E-state index contributed by atoms with van der Waals surface area (Å²) in [5, 5.41) is 8.58. The van der Waals surface area contributed by atoms with Crippen molar-refractivity contribution in [2.75, 3.05) is 5.32 Å². The van der Waals surface area contributed by atoms with E-state index < -0.39 is 0 Å². The van der Waals surface area contributed by atoms with Crippen molar-refractivity contribution in [3.05, 3.63) is 127 Å². The van der Waals surface area contributed by atoms with E-state index in [0.29, 0.717) is 0 Å². The molecule has 1 radical (unpaired) electrons. The minimum atomic E-state index is 0.878. The van der Waals surface area contributed by atoms with E-state index in [2.05, 4.69) is 127 Å². The molecule has 0 bridgehead atoms. The van der Waals surface area contributed by atoms with Crippen LogP contribution in [0.3, 0.4) is 0 Å². The van der Waals surface area contributed by atoms with Gasteiger partial charge in [-0.25, -0.2) is 0 Å². The van der Waals surface area contributed by atoms with Gasteiger partial charge in [0.2, 0.25) is 0 Å². The molecule has 0 aliphatic carbocycles. The van der Waals surface area contributed by atoms with E-state index in [0.717, 1.165) is 38.9 Å². The van der Waals surface area contributed by atoms with Gasteiger partial charge in [-0.05, 0) is 59.9 Å². The number of furan rings is 1. The number of rotatable bonds is 3. The Balaban J connectivity index is 1.41. The van der Waals surface area contributed by atoms with Gasteiger partial charge in [0.05, 0.1) is 11.2 Å². The van der Waals surface area contributed by atoms with Crippen molar-refractivity contribution in [2.24, 2.45) is 0 Å². The summed E-state index contributed by atoms with van der Waals surface area (Å²) in [6.45, 7) is 2.25. The van der Waals surface area contributed by atoms with E-state index in [1.807, 2.05) is 18.2 Å². The van der Waals surface area contributed by atoms with Crippen LogP contribution >= 0.6 is 0 Å². The van der Waals surface area contributed by atoms with Gasteiger partial charge in [0.25, 0.3) is 0 Å². The number of benzene rings is 6. The highest BCUT2D eigenvalue weighted by Crippen LogP contribution is 2.42. The number of fused-ring (bicyclic) bond motifs is 8. The maximum atomic E-state index is 6.34. The first-order valence-corrected chi connectivity index (χ1v) is 14.0. The summed E-state index contributed by atoms with van der Waals surface area (Å²) in [5.74, 6) is 0. The molecule has 3 nitrogen and oxygen atoms in total. The number of aromatic nitrogens is 1. The average molecular weight is 523 g/mol. The molecule has 1 aliphatic heterocycles. The Bertz CT molecular complexity index is 2330. The number of nitrogens with one attached hydrogen (secondary N) is 1. The fourth-order valence-electron chi connectivity index (χ4n) is 6.75. The predicted octanol–water partition coefficient (Wildman–Crippen LogP) is 8.37. The third-order valence-electron chi connectivity index (χ3n) is 8.51. The first-order chi connectivity index (χ1) is 20.2. The quantitative estimate of drug-likeness (QED) is 0.236. The Morgan fingerprint density at radius 2 is 1.41 bits per heavy atom. The maximum absolute atomic E-state index is 6.34. The third-order valence-corrected chi connectivity index (χ3v) is 8.51. The minimum absolute atomic E-state index is 0.878. The van der Waals surface area contributed by atoms with Gasteiger partial charge in [-0.1, -0.05) is 84.3 Å². The Morgan fingerprint density at radius 3 is 2.32 bits per heavy atom. The molecule has 0 atom stereocenters. The van der Waals surface area contributed by atoms with Crippen LogP contribution in [0.25, 0.3) is 60.6 Å². The van der Waals surface area contributed by atoms with Gasteiger partial charge in [0.1, 0.15) is 11.2 Å². The van der Waals surface area contributed by atoms with Crippen LogP contribution < -0.4 is 16.2 Å². The summed E-state index contributed by atoms with van der Waals surface area (Å²) in [5.41, 5.74) is 13.7. The van der Waals surface area contributed by atoms with Crippen LogP contribution in [-0.2, 0) is 0 Å². The van der Waals surface area contributed by atoms with Crippen molar-refractivity contribution >= 4 is 73.3 Å². The topological polar surface area (TPSA) is 30.1 Å². The van der Waals surface area contributed by atoms with E-state index in [1.54, 1.807) is 0 Å². The summed E-state index contributed by atoms with van der Waals surface area (Å²) in [6, 6.07) is 43.0. The van der Waals surface area contributed by atoms with Gasteiger partial charge in [-0.3, -0.25) is 0 Å². The van der Waals surface area contributed by atoms with Gasteiger partial charge in [-0.15, -0.1) is 0 Å². The lowest BCUT2D eigenvalue weighted by atomic mass is 9.59. The molecule has 6 aromatic carbocycles. The van der Waals surface area contributed by atoms with E-state index in [1.165, 1.54) is 49.5 Å². The molecule has 0 unspecified atom stereocenters. The number of hydrogen-bond acceptors (Lipinski definition) is 2. The molecular formula is C37H24BN2O. The Labute approximate surface area is 237 Å². The zero-order valence-corrected chi connectivity index (χ0v) is 22.5. The number of nitrogens with zero attached hydrogens (tertiary/aromatic N) is 1. The second-order valence-corrected chi connectivity index (χ2v) is 10.9. The van der Waals surface area contributed by atoms with Crippen LogP contribution in [0.15, 0.2) is 126 Å². The van der Waals surface area contributed by atoms with Gasteiger partial charge in [0, 0.05) is 50.1 Å². The van der Waals surface area contributed by atoms with Crippen LogP contribution in [0.2, 0.25) is 0 Å². The number of para-hydroxylation sites is 4. The molecule has 0 saturated heterocycles. The summed E-state index contributed by atoms with van der Waals surface area (Å²) in [7, 11) is 2.37. The molecule has 2 aromatic heterocycles. The van der Waals surface area contributed by atoms with Crippen molar-refractivity contribution in [2.45, 2.75) is 6.92 Å². The van der Waals surface area contributed by atoms with E-state index in [-0.39, 0.29) is 0 Å². The van der Waals surface area contributed by atoms with Crippen LogP contribution in [0.4, 0.5) is 11.4 Å². The number of aryl methyl sites for hydroxylation is 1. The summed E-state index contributed by atoms with van der Waals surface area (Å²) in [6.07, 6.45) is 0. The second-order valence-electron chi connectivity index (χ2n) is 10.9. The molecule has 3 heterocycles. The summed E-state index contributed by atoms with van der Waals surface area (Å²) < 4.78 is 8.80. The molecule has 41 heavy (non-hydrogen) atoms. The largest absolute Gasteiger partial charge is 0.456 e. The molecule has 0 saturated carbocycles. The second kappa shape index (κ2) is 8.39. The lowest BCUT2D eigenvalue weighted by Crippen LogP contribution is -2.37. The highest BCUT2D eigenvalue weighted by molar-refractivity contribution is 6.73. The Morgan fingerprint density at radius 1 is 0.659 bits per heavy atom. The summed E-state index contributed by atoms with van der Waals surface area (Å²) in [4.78, 5) is 0. The molecule has 9 rings (SSSR count). The van der Waals surface area contributed by atoms with Gasteiger partial charge < -0.3 is 14.3 Å². The zero-order valence-electron chi connectivity index (χ0n) is 22.5. The van der Waals surface area contributed by atoms with Crippen LogP contribution in [0.1, 0.15) is 5.56 Å². The third kappa shape index (κ3) is 3.22. The fraction of sp³-hybridized carbons (Fsp3) is 0.0270. The highest BCUT2D eigenvalue weighted by Gasteiger charge is 2.27. The van der Waals surface area contributed by atoms with Gasteiger partial charge >= 0.3 is 0 Å². The van der Waals surface area contributed by atoms with E-state index in [4.69, 9.17) is 4.42 Å². The molecule has 191 valence electrons. The van der Waals surface area contributed by atoms with Crippen molar-refractivity contribution in [1.29, 1.82) is 0 Å². The standard InChI is InChI=1S/C37H24BN2O/c1-22-19-28(36-37-35(22)25-14-5-8-16-31(25)40(37)32-17-9-7-15-29(32)38-36)26-20-27-24-13-6-10-18-33(24)41-34(27)21-30(26)39-23-11-3-2-4-12-23/h2-21,39H,1H3. The Hall–Kier alpha value is -5.22. The molecule has 1 aliphatic rings. The molecule has 8 aromatic rings. The smallest absolute Gasteiger partial charge is 0.197 e. The first-order valence-electron chi connectivity index (χ1n) is 14.0. The molecule has 1 N–H and O–H groups in total. The molecule has 0 spiro atoms. The first kappa shape index (κ1) is 22.6. The van der Waals surface area contributed by atoms with Crippen molar-refractivity contribution in [3.8, 4) is 16.8 Å². The van der Waals surface area contributed by atoms with Gasteiger partial charge in [-0.2, -0.15) is 0 Å². The highest BCUT2D eigenvalue weighted by atomic mass is 16.3. The zero-order chi connectivity index (χ0) is 27.1. The molecule has 4 heteroatoms. The molecule has 0 amide bonds. The van der Waals surface area contributed by atoms with Crippen LogP contribution in [0.5, 0.6) is 0 Å². The van der Waals surface area contributed by atoms with E-state index in [9.17, 15) is 0 Å². The lowest BCUT2D eigenvalue weighted by molar-refractivity contribution is 0.669. The fourth-order valence-corrected chi connectivity index (χ4v) is 6.75. The number of anilines is 2. The average Bonchev–Trinajstić information content (AvgIpc) is 3.56. The van der Waals surface area contributed by atoms with Crippen LogP contribution in [-0.4, -0.2) is 11.8 Å². The van der Waals surface area contributed by atoms with Crippen molar-refractivity contribution in [1.82, 2.24) is 4.57 Å². The Kier molecular flexibility index (Phi) is 4.62. The SMILES string of the molecule is Cc1cc(-c2cc3c(cc2Nc2ccccc2)oc2ccccc23)c2c3c1c1ccccc1n3-c1ccccc1[B]2. The van der Waals surface area contributed by atoms with Crippen molar-refractivity contribution < 1.29 is 4.42 Å². The predicted molar refractivity (Wildman–Crippen MR) is 173 cm³/mol. The van der Waals surface area contributed by atoms with Crippen molar-refractivity contribution in [3.63, 3.8) is 0 Å². The summed E-state index contributed by atoms with van der Waals surface area (Å²) >= 11 is 0. The van der Waals surface area contributed by atoms with E-state index >= 15 is 0 Å². The van der Waals surface area contributed by atoms with Crippen LogP contribution in [0, 0.1) is 6.92 Å². The maximum Gasteiger partial charge on any atom is 0.197 e. The normalized spacial score (nSPS) is 12.2. The molecular weight excluding hydrogens is 499 g/mol. The monoisotopic (exact) mass is 523 g/mol. The lowest BCUT2D eigenvalue weighted by Gasteiger charge is -2.24. The minimum Gasteiger partial charge on any atom is -0.456 e.